The molecule has 0 aliphatic carbocycles. The van der Waals surface area contributed by atoms with Crippen LogP contribution in [0.5, 0.6) is 0 Å². The Labute approximate surface area is 133 Å². The number of nitrogens with zero attached hydrogens (tertiary/aromatic N) is 1. The maximum absolute atomic E-state index is 11.5. The molecule has 0 atom stereocenters. The van der Waals surface area contributed by atoms with Crippen molar-refractivity contribution in [3.63, 3.8) is 0 Å². The van der Waals surface area contributed by atoms with E-state index in [4.69, 9.17) is 9.47 Å². The molecule has 122 valence electrons. The fourth-order valence-electron chi connectivity index (χ4n) is 1.47. The summed E-state index contributed by atoms with van der Waals surface area (Å²) >= 11 is 0. The first-order chi connectivity index (χ1) is 10.9. The number of nitro groups is 1. The summed E-state index contributed by atoms with van der Waals surface area (Å²) in [5.41, 5.74) is 0.772. The third kappa shape index (κ3) is 7.03. The summed E-state index contributed by atoms with van der Waals surface area (Å²) in [5, 5.41) is 10.6. The van der Waals surface area contributed by atoms with E-state index >= 15 is 0 Å². The zero-order valence-electron chi connectivity index (χ0n) is 12.7. The van der Waals surface area contributed by atoms with Gasteiger partial charge in [0, 0.05) is 30.2 Å². The number of carbonyl (C=O) groups is 2. The summed E-state index contributed by atoms with van der Waals surface area (Å²) in [6, 6.07) is 5.87. The van der Waals surface area contributed by atoms with E-state index in [1.165, 1.54) is 30.4 Å². The van der Waals surface area contributed by atoms with Crippen LogP contribution in [0.15, 0.2) is 42.5 Å². The van der Waals surface area contributed by atoms with Gasteiger partial charge in [-0.05, 0) is 18.6 Å². The first-order valence-electron chi connectivity index (χ1n) is 6.82. The van der Waals surface area contributed by atoms with Crippen molar-refractivity contribution in [2.75, 3.05) is 13.2 Å². The quantitative estimate of drug-likeness (QED) is 0.240. The van der Waals surface area contributed by atoms with Crippen molar-refractivity contribution in [3.05, 3.63) is 58.2 Å². The number of nitro benzene ring substituents is 1. The van der Waals surface area contributed by atoms with Crippen LogP contribution in [0, 0.1) is 10.1 Å². The molecule has 0 radical (unpaired) electrons. The van der Waals surface area contributed by atoms with Gasteiger partial charge in [0.15, 0.2) is 0 Å². The third-order valence-corrected chi connectivity index (χ3v) is 2.61. The van der Waals surface area contributed by atoms with Crippen LogP contribution >= 0.6 is 0 Å². The van der Waals surface area contributed by atoms with E-state index in [0.29, 0.717) is 17.6 Å². The summed E-state index contributed by atoms with van der Waals surface area (Å²) in [5.74, 6) is -1.07. The van der Waals surface area contributed by atoms with E-state index in [1.54, 1.807) is 13.0 Å². The van der Waals surface area contributed by atoms with Crippen LogP contribution in [0.3, 0.4) is 0 Å². The Morgan fingerprint density at radius 1 is 1.30 bits per heavy atom. The van der Waals surface area contributed by atoms with Crippen LogP contribution in [-0.2, 0) is 19.1 Å². The van der Waals surface area contributed by atoms with Crippen molar-refractivity contribution in [2.24, 2.45) is 0 Å². The minimum absolute atomic E-state index is 0.0557. The molecule has 0 bridgehead atoms. The first kappa shape index (κ1) is 18.1. The Kier molecular flexibility index (Phi) is 7.19. The minimum Gasteiger partial charge on any atom is -0.462 e. The van der Waals surface area contributed by atoms with Crippen molar-refractivity contribution in [2.45, 2.75) is 13.3 Å². The Balaban J connectivity index is 2.33. The van der Waals surface area contributed by atoms with Gasteiger partial charge >= 0.3 is 11.9 Å². The Morgan fingerprint density at radius 2 is 2.00 bits per heavy atom. The van der Waals surface area contributed by atoms with Crippen LogP contribution in [0.25, 0.3) is 6.08 Å². The second-order valence-electron chi connectivity index (χ2n) is 4.62. The van der Waals surface area contributed by atoms with E-state index in [2.05, 4.69) is 6.58 Å². The lowest BCUT2D eigenvalue weighted by Gasteiger charge is -2.04. The highest BCUT2D eigenvalue weighted by molar-refractivity contribution is 5.87. The average molecular weight is 319 g/mol. The molecule has 1 rings (SSSR count). The Hall–Kier alpha value is -2.96. The molecule has 1 aromatic rings. The van der Waals surface area contributed by atoms with Crippen LogP contribution in [0.4, 0.5) is 5.69 Å². The molecule has 0 fully saturated rings. The molecular formula is C16H17NO6. The topological polar surface area (TPSA) is 95.7 Å². The van der Waals surface area contributed by atoms with Crippen molar-refractivity contribution in [1.29, 1.82) is 0 Å². The van der Waals surface area contributed by atoms with Crippen LogP contribution in [0.2, 0.25) is 0 Å². The lowest BCUT2D eigenvalue weighted by Crippen LogP contribution is -2.09. The van der Waals surface area contributed by atoms with Crippen LogP contribution in [-0.4, -0.2) is 30.1 Å². The maximum atomic E-state index is 11.5. The standard InChI is InChI=1S/C16H17NO6/c1-12(2)16(19)23-10-4-9-22-15(18)8-7-13-5-3-6-14(11-13)17(20)21/h3,5-8,11H,1,4,9-10H2,2H3/b8-7+. The zero-order valence-corrected chi connectivity index (χ0v) is 12.7. The predicted octanol–water partition coefficient (Wildman–Crippen LogP) is 2.66. The predicted molar refractivity (Wildman–Crippen MR) is 83.5 cm³/mol. The maximum Gasteiger partial charge on any atom is 0.333 e. The summed E-state index contributed by atoms with van der Waals surface area (Å²) in [7, 11) is 0. The number of rotatable bonds is 8. The minimum atomic E-state index is -0.581. The van der Waals surface area contributed by atoms with E-state index in [1.807, 2.05) is 0 Å². The van der Waals surface area contributed by atoms with Gasteiger partial charge in [-0.3, -0.25) is 10.1 Å². The van der Waals surface area contributed by atoms with E-state index < -0.39 is 16.9 Å². The molecule has 0 N–H and O–H groups in total. The average Bonchev–Trinajstić information content (AvgIpc) is 2.52. The van der Waals surface area contributed by atoms with Gasteiger partial charge in [0.2, 0.25) is 0 Å². The van der Waals surface area contributed by atoms with Crippen molar-refractivity contribution in [3.8, 4) is 0 Å². The van der Waals surface area contributed by atoms with Gasteiger partial charge in [-0.25, -0.2) is 9.59 Å². The summed E-state index contributed by atoms with van der Waals surface area (Å²) in [6.45, 7) is 5.22. The molecule has 7 heteroatoms. The van der Waals surface area contributed by atoms with E-state index in [-0.39, 0.29) is 18.9 Å². The molecule has 1 aromatic carbocycles. The molecule has 0 aliphatic heterocycles. The number of hydrogen-bond donors (Lipinski definition) is 0. The van der Waals surface area contributed by atoms with E-state index in [9.17, 15) is 19.7 Å². The van der Waals surface area contributed by atoms with Gasteiger partial charge < -0.3 is 9.47 Å². The number of esters is 2. The summed E-state index contributed by atoms with van der Waals surface area (Å²) < 4.78 is 9.75. The van der Waals surface area contributed by atoms with Gasteiger partial charge in [0.25, 0.3) is 5.69 Å². The molecular weight excluding hydrogens is 302 g/mol. The second-order valence-corrected chi connectivity index (χ2v) is 4.62. The lowest BCUT2D eigenvalue weighted by molar-refractivity contribution is -0.384. The first-order valence-corrected chi connectivity index (χ1v) is 6.82. The number of non-ortho nitro benzene ring substituents is 1. The summed E-state index contributed by atoms with van der Waals surface area (Å²) in [4.78, 5) is 32.7. The van der Waals surface area contributed by atoms with Gasteiger partial charge in [0.1, 0.15) is 0 Å². The van der Waals surface area contributed by atoms with Crippen LogP contribution < -0.4 is 0 Å². The normalized spacial score (nSPS) is 10.3. The van der Waals surface area contributed by atoms with Crippen molar-refractivity contribution in [1.82, 2.24) is 0 Å². The molecule has 0 amide bonds. The number of hydrogen-bond acceptors (Lipinski definition) is 6. The smallest absolute Gasteiger partial charge is 0.333 e. The fraction of sp³-hybridized carbons (Fsp3) is 0.250. The molecule has 23 heavy (non-hydrogen) atoms. The van der Waals surface area contributed by atoms with E-state index in [0.717, 1.165) is 0 Å². The molecule has 0 aromatic heterocycles. The molecule has 0 unspecified atom stereocenters. The molecule has 0 spiro atoms. The second kappa shape index (κ2) is 9.14. The van der Waals surface area contributed by atoms with Gasteiger partial charge in [-0.1, -0.05) is 18.7 Å². The molecule has 0 aliphatic rings. The van der Waals surface area contributed by atoms with Crippen molar-refractivity contribution >= 4 is 23.7 Å². The van der Waals surface area contributed by atoms with Gasteiger partial charge in [0.05, 0.1) is 18.1 Å². The molecule has 0 heterocycles. The SMILES string of the molecule is C=C(C)C(=O)OCCCOC(=O)/C=C/c1cccc([N+](=O)[O-])c1. The summed E-state index contributed by atoms with van der Waals surface area (Å²) in [6.07, 6.45) is 2.98. The highest BCUT2D eigenvalue weighted by Gasteiger charge is 2.05. The monoisotopic (exact) mass is 319 g/mol. The molecule has 7 nitrogen and oxygen atoms in total. The molecule has 0 saturated heterocycles. The highest BCUT2D eigenvalue weighted by Crippen LogP contribution is 2.14. The van der Waals surface area contributed by atoms with Crippen LogP contribution in [0.1, 0.15) is 18.9 Å². The Bertz CT molecular complexity index is 635. The van der Waals surface area contributed by atoms with Gasteiger partial charge in [-0.15, -0.1) is 0 Å². The number of benzene rings is 1. The van der Waals surface area contributed by atoms with Crippen molar-refractivity contribution < 1.29 is 24.0 Å². The Morgan fingerprint density at radius 3 is 2.65 bits per heavy atom. The lowest BCUT2D eigenvalue weighted by atomic mass is 10.2. The zero-order chi connectivity index (χ0) is 17.2. The fourth-order valence-corrected chi connectivity index (χ4v) is 1.47. The third-order valence-electron chi connectivity index (χ3n) is 2.61. The number of ether oxygens (including phenoxy) is 2. The highest BCUT2D eigenvalue weighted by atomic mass is 16.6. The number of carbonyl (C=O) groups excluding carboxylic acids is 2. The largest absolute Gasteiger partial charge is 0.462 e. The van der Waals surface area contributed by atoms with Gasteiger partial charge in [-0.2, -0.15) is 0 Å². The molecule has 0 saturated carbocycles.